The van der Waals surface area contributed by atoms with Crippen LogP contribution in [0, 0.1) is 5.41 Å². The predicted molar refractivity (Wildman–Crippen MR) is 113 cm³/mol. The number of hydrogen-bond acceptors (Lipinski definition) is 4. The van der Waals surface area contributed by atoms with Crippen LogP contribution in [0.2, 0.25) is 0 Å². The Kier molecular flexibility index (Phi) is 5.81. The second-order valence-corrected chi connectivity index (χ2v) is 8.29. The Labute approximate surface area is 176 Å². The third-order valence-electron chi connectivity index (χ3n) is 6.50. The number of aryl methyl sites for hydroxylation is 1. The van der Waals surface area contributed by atoms with Crippen molar-refractivity contribution in [2.24, 2.45) is 12.5 Å². The molecule has 1 spiro atoms. The van der Waals surface area contributed by atoms with Crippen molar-refractivity contribution in [3.8, 4) is 0 Å². The standard InChI is InChI=1S/C19H25N5O2.2ClH/c1-23-16-15(17(25)22-23)13(10-14(21-16)12-2-3-12)18(26)24-8-5-19(6-9-24)4-7-20-11-19;;/h10,12,20H,2-9,11H2,1H3,(H,22,25);2*1H. The number of halogens is 2. The number of aromatic nitrogens is 3. The van der Waals surface area contributed by atoms with E-state index in [-0.39, 0.29) is 36.3 Å². The Balaban J connectivity index is 0.00000112. The Bertz CT molecular complexity index is 934. The number of fused-ring (bicyclic) bond motifs is 1. The summed E-state index contributed by atoms with van der Waals surface area (Å²) in [6.45, 7) is 3.70. The molecule has 1 aliphatic carbocycles. The fourth-order valence-electron chi connectivity index (χ4n) is 4.61. The van der Waals surface area contributed by atoms with Gasteiger partial charge in [-0.1, -0.05) is 0 Å². The van der Waals surface area contributed by atoms with Crippen molar-refractivity contribution in [1.29, 1.82) is 0 Å². The summed E-state index contributed by atoms with van der Waals surface area (Å²) in [6.07, 6.45) is 5.52. The first-order valence-corrected chi connectivity index (χ1v) is 9.66. The first-order valence-electron chi connectivity index (χ1n) is 9.66. The molecule has 2 N–H and O–H groups in total. The number of piperidine rings is 1. The van der Waals surface area contributed by atoms with Crippen LogP contribution in [0.15, 0.2) is 10.9 Å². The molecule has 154 valence electrons. The predicted octanol–water partition coefficient (Wildman–Crippen LogP) is 2.20. The molecule has 0 bridgehead atoms. The molecule has 28 heavy (non-hydrogen) atoms. The Morgan fingerprint density at radius 3 is 2.54 bits per heavy atom. The van der Waals surface area contributed by atoms with E-state index < -0.39 is 0 Å². The van der Waals surface area contributed by atoms with E-state index in [9.17, 15) is 9.59 Å². The Morgan fingerprint density at radius 1 is 1.21 bits per heavy atom. The Morgan fingerprint density at radius 2 is 1.93 bits per heavy atom. The number of pyridine rings is 1. The minimum Gasteiger partial charge on any atom is -0.339 e. The van der Waals surface area contributed by atoms with E-state index in [0.29, 0.717) is 27.9 Å². The van der Waals surface area contributed by atoms with E-state index in [1.54, 1.807) is 11.7 Å². The molecule has 2 aliphatic heterocycles. The number of nitrogens with one attached hydrogen (secondary N) is 2. The average Bonchev–Trinajstić information content (AvgIpc) is 3.34. The molecule has 2 aromatic heterocycles. The maximum atomic E-state index is 13.3. The summed E-state index contributed by atoms with van der Waals surface area (Å²) in [7, 11) is 1.78. The van der Waals surface area contributed by atoms with Crippen LogP contribution in [0.3, 0.4) is 0 Å². The summed E-state index contributed by atoms with van der Waals surface area (Å²) < 4.78 is 1.63. The van der Waals surface area contributed by atoms with Gasteiger partial charge < -0.3 is 10.2 Å². The zero-order valence-electron chi connectivity index (χ0n) is 16.0. The van der Waals surface area contributed by atoms with Crippen molar-refractivity contribution in [1.82, 2.24) is 25.0 Å². The van der Waals surface area contributed by atoms with Gasteiger partial charge in [0.1, 0.15) is 0 Å². The monoisotopic (exact) mass is 427 g/mol. The number of aromatic amines is 1. The van der Waals surface area contributed by atoms with Crippen molar-refractivity contribution in [3.05, 3.63) is 27.7 Å². The lowest BCUT2D eigenvalue weighted by Crippen LogP contribution is -2.44. The molecule has 0 aromatic carbocycles. The second-order valence-electron chi connectivity index (χ2n) is 8.29. The van der Waals surface area contributed by atoms with E-state index in [1.807, 2.05) is 11.0 Å². The summed E-state index contributed by atoms with van der Waals surface area (Å²) in [5.41, 5.74) is 2.21. The van der Waals surface area contributed by atoms with Crippen LogP contribution in [0.4, 0.5) is 0 Å². The highest BCUT2D eigenvalue weighted by Gasteiger charge is 2.39. The molecule has 4 heterocycles. The number of carbonyl (C=O) groups excluding carboxylic acids is 1. The van der Waals surface area contributed by atoms with E-state index in [1.165, 1.54) is 6.42 Å². The topological polar surface area (TPSA) is 83.0 Å². The lowest BCUT2D eigenvalue weighted by atomic mass is 9.77. The number of nitrogens with zero attached hydrogens (tertiary/aromatic N) is 3. The molecule has 1 saturated carbocycles. The molecule has 2 aromatic rings. The van der Waals surface area contributed by atoms with Gasteiger partial charge in [0.15, 0.2) is 5.65 Å². The normalized spacial score (nSPS) is 20.8. The van der Waals surface area contributed by atoms with Crippen LogP contribution in [0.25, 0.3) is 11.0 Å². The van der Waals surface area contributed by atoms with Crippen LogP contribution in [0.5, 0.6) is 0 Å². The fraction of sp³-hybridized carbons (Fsp3) is 0.632. The maximum Gasteiger partial charge on any atom is 0.274 e. The van der Waals surface area contributed by atoms with Gasteiger partial charge in [0.25, 0.3) is 11.5 Å². The molecule has 1 amide bonds. The van der Waals surface area contributed by atoms with E-state index in [2.05, 4.69) is 15.4 Å². The quantitative estimate of drug-likeness (QED) is 0.769. The second kappa shape index (κ2) is 7.69. The van der Waals surface area contributed by atoms with E-state index in [4.69, 9.17) is 0 Å². The SMILES string of the molecule is Cl.Cl.Cn1[nH]c(=O)c2c(C(=O)N3CCC4(CCNC4)CC3)cc(C3CC3)nc21. The molecule has 7 nitrogen and oxygen atoms in total. The van der Waals surface area contributed by atoms with Gasteiger partial charge in [-0.05, 0) is 50.1 Å². The summed E-state index contributed by atoms with van der Waals surface area (Å²) in [5, 5.41) is 6.65. The molecule has 9 heteroatoms. The number of hydrogen-bond donors (Lipinski definition) is 2. The van der Waals surface area contributed by atoms with Crippen molar-refractivity contribution in [2.75, 3.05) is 26.2 Å². The highest BCUT2D eigenvalue weighted by atomic mass is 35.5. The number of amides is 1. The minimum absolute atomic E-state index is 0. The molecule has 3 aliphatic rings. The smallest absolute Gasteiger partial charge is 0.274 e. The molecule has 0 atom stereocenters. The summed E-state index contributed by atoms with van der Waals surface area (Å²) in [4.78, 5) is 32.3. The lowest BCUT2D eigenvalue weighted by Gasteiger charge is -2.39. The molecule has 2 saturated heterocycles. The van der Waals surface area contributed by atoms with E-state index >= 15 is 0 Å². The zero-order chi connectivity index (χ0) is 17.9. The van der Waals surface area contributed by atoms with Gasteiger partial charge in [-0.25, -0.2) is 4.98 Å². The fourth-order valence-corrected chi connectivity index (χ4v) is 4.61. The van der Waals surface area contributed by atoms with Gasteiger partial charge in [0, 0.05) is 38.3 Å². The number of likely N-dealkylation sites (tertiary alicyclic amines) is 1. The van der Waals surface area contributed by atoms with Crippen molar-refractivity contribution in [2.45, 2.75) is 38.0 Å². The molecule has 3 fully saturated rings. The third-order valence-corrected chi connectivity index (χ3v) is 6.50. The van der Waals surface area contributed by atoms with Crippen LogP contribution in [0.1, 0.15) is 54.1 Å². The molecule has 0 radical (unpaired) electrons. The van der Waals surface area contributed by atoms with Gasteiger partial charge in [-0.2, -0.15) is 0 Å². The number of rotatable bonds is 2. The van der Waals surface area contributed by atoms with Gasteiger partial charge in [-0.15, -0.1) is 24.8 Å². The van der Waals surface area contributed by atoms with Crippen molar-refractivity contribution in [3.63, 3.8) is 0 Å². The maximum absolute atomic E-state index is 13.3. The summed E-state index contributed by atoms with van der Waals surface area (Å²) in [6, 6.07) is 1.87. The van der Waals surface area contributed by atoms with Gasteiger partial charge >= 0.3 is 0 Å². The van der Waals surface area contributed by atoms with E-state index in [0.717, 1.165) is 57.6 Å². The highest BCUT2D eigenvalue weighted by molar-refractivity contribution is 6.05. The molecule has 5 rings (SSSR count). The van der Waals surface area contributed by atoms with Gasteiger partial charge in [0.2, 0.25) is 0 Å². The first-order chi connectivity index (χ1) is 12.6. The minimum atomic E-state index is -0.228. The van der Waals surface area contributed by atoms with Crippen molar-refractivity contribution < 1.29 is 4.79 Å². The molecular formula is C19H27Cl2N5O2. The van der Waals surface area contributed by atoms with Gasteiger partial charge in [-0.3, -0.25) is 19.4 Å². The molecular weight excluding hydrogens is 401 g/mol. The summed E-state index contributed by atoms with van der Waals surface area (Å²) in [5.74, 6) is 0.418. The summed E-state index contributed by atoms with van der Waals surface area (Å²) >= 11 is 0. The van der Waals surface area contributed by atoms with Crippen molar-refractivity contribution >= 4 is 41.8 Å². The largest absolute Gasteiger partial charge is 0.339 e. The molecule has 0 unspecified atom stereocenters. The van der Waals surface area contributed by atoms with Crippen LogP contribution in [-0.2, 0) is 7.05 Å². The number of H-pyrrole nitrogens is 1. The van der Waals surface area contributed by atoms with Gasteiger partial charge in [0.05, 0.1) is 10.9 Å². The zero-order valence-corrected chi connectivity index (χ0v) is 17.6. The first kappa shape index (κ1) is 21.1. The van der Waals surface area contributed by atoms with Crippen LogP contribution in [-0.4, -0.2) is 51.8 Å². The average molecular weight is 428 g/mol. The number of carbonyl (C=O) groups is 1. The lowest BCUT2D eigenvalue weighted by molar-refractivity contribution is 0.0609. The Hall–Kier alpha value is -1.57. The van der Waals surface area contributed by atoms with Crippen LogP contribution >= 0.6 is 24.8 Å². The highest BCUT2D eigenvalue weighted by Crippen LogP contribution is 2.41. The third kappa shape index (κ3) is 3.44. The van der Waals surface area contributed by atoms with Crippen LogP contribution < -0.4 is 10.9 Å².